The molecule has 2 nitrogen and oxygen atoms in total. The topological polar surface area (TPSA) is 34.1 Å². The van der Waals surface area contributed by atoms with Gasteiger partial charge in [-0.3, -0.25) is 0 Å². The first-order chi connectivity index (χ1) is 22.3. The van der Waals surface area contributed by atoms with E-state index < -0.39 is 55.7 Å². The SMILES string of the molecule is O=S(=O)(Cc1c(F)cc(C2=CCC=C2c2cc(Br)cc(Br)c2)cc1F)Cc1c(F)cc(C2=CCC=C2c2cc(Br)cc(Br)c2)cc1F. The van der Waals surface area contributed by atoms with Gasteiger partial charge in [0, 0.05) is 29.0 Å². The zero-order chi connectivity index (χ0) is 33.6. The molecular formula is C36H22Br4F4O2S. The molecule has 4 aromatic rings. The first-order valence-electron chi connectivity index (χ1n) is 14.2. The molecule has 0 saturated carbocycles. The fourth-order valence-electron chi connectivity index (χ4n) is 5.82. The van der Waals surface area contributed by atoms with Crippen LogP contribution >= 0.6 is 63.7 Å². The van der Waals surface area contributed by atoms with Crippen LogP contribution in [0.15, 0.2) is 103 Å². The van der Waals surface area contributed by atoms with E-state index >= 15 is 17.6 Å². The zero-order valence-corrected chi connectivity index (χ0v) is 31.3. The Balaban J connectivity index is 1.23. The molecule has 47 heavy (non-hydrogen) atoms. The van der Waals surface area contributed by atoms with Crippen LogP contribution in [0.4, 0.5) is 17.6 Å². The summed E-state index contributed by atoms with van der Waals surface area (Å²) in [6, 6.07) is 15.6. The highest BCUT2D eigenvalue weighted by molar-refractivity contribution is 9.11. The van der Waals surface area contributed by atoms with Crippen LogP contribution in [0.2, 0.25) is 0 Å². The molecule has 0 radical (unpaired) electrons. The second-order valence-electron chi connectivity index (χ2n) is 11.1. The summed E-state index contributed by atoms with van der Waals surface area (Å²) >= 11 is 13.8. The van der Waals surface area contributed by atoms with Gasteiger partial charge < -0.3 is 0 Å². The second kappa shape index (κ2) is 13.7. The van der Waals surface area contributed by atoms with Gasteiger partial charge in [0.15, 0.2) is 9.84 Å². The van der Waals surface area contributed by atoms with E-state index in [1.54, 1.807) is 0 Å². The number of halogens is 8. The Morgan fingerprint density at radius 2 is 0.702 bits per heavy atom. The zero-order valence-electron chi connectivity index (χ0n) is 24.2. The van der Waals surface area contributed by atoms with E-state index in [9.17, 15) is 8.42 Å². The average Bonchev–Trinajstić information content (AvgIpc) is 3.66. The van der Waals surface area contributed by atoms with Crippen LogP contribution in [0.1, 0.15) is 46.2 Å². The third kappa shape index (κ3) is 7.54. The molecular weight excluding hydrogens is 892 g/mol. The highest BCUT2D eigenvalue weighted by Crippen LogP contribution is 2.41. The Labute approximate surface area is 303 Å². The van der Waals surface area contributed by atoms with E-state index in [1.165, 1.54) is 0 Å². The van der Waals surface area contributed by atoms with Crippen molar-refractivity contribution in [2.45, 2.75) is 24.3 Å². The molecule has 0 aliphatic heterocycles. The quantitative estimate of drug-likeness (QED) is 0.165. The van der Waals surface area contributed by atoms with Gasteiger partial charge in [0.25, 0.3) is 0 Å². The molecule has 0 spiro atoms. The van der Waals surface area contributed by atoms with Crippen molar-refractivity contribution < 1.29 is 26.0 Å². The molecule has 0 unspecified atom stereocenters. The summed E-state index contributed by atoms with van der Waals surface area (Å²) in [5, 5.41) is 0. The molecule has 0 heterocycles. The van der Waals surface area contributed by atoms with Crippen LogP contribution in [0, 0.1) is 23.3 Å². The largest absolute Gasteiger partial charge is 0.228 e. The summed E-state index contributed by atoms with van der Waals surface area (Å²) in [5.41, 5.74) is 3.55. The lowest BCUT2D eigenvalue weighted by Crippen LogP contribution is -2.13. The highest BCUT2D eigenvalue weighted by atomic mass is 79.9. The van der Waals surface area contributed by atoms with E-state index in [0.29, 0.717) is 24.0 Å². The maximum absolute atomic E-state index is 15.4. The molecule has 6 rings (SSSR count). The first kappa shape index (κ1) is 34.3. The van der Waals surface area contributed by atoms with Crippen LogP contribution < -0.4 is 0 Å². The Morgan fingerprint density at radius 3 is 0.979 bits per heavy atom. The van der Waals surface area contributed by atoms with Gasteiger partial charge in [-0.2, -0.15) is 0 Å². The molecule has 0 atom stereocenters. The number of hydrogen-bond donors (Lipinski definition) is 0. The molecule has 2 aliphatic rings. The molecule has 11 heteroatoms. The Hall–Kier alpha value is -2.57. The molecule has 0 N–H and O–H groups in total. The van der Waals surface area contributed by atoms with Crippen LogP contribution in [-0.2, 0) is 21.3 Å². The Bertz CT molecular complexity index is 1970. The average molecular weight is 914 g/mol. The Kier molecular flexibility index (Phi) is 10.0. The summed E-state index contributed by atoms with van der Waals surface area (Å²) in [7, 11) is -4.40. The minimum atomic E-state index is -4.40. The number of allylic oxidation sites excluding steroid dienone is 8. The number of benzene rings is 4. The number of sulfone groups is 1. The third-order valence-corrected chi connectivity index (χ3v) is 11.1. The molecule has 0 saturated heterocycles. The van der Waals surface area contributed by atoms with Crippen molar-refractivity contribution in [3.63, 3.8) is 0 Å². The van der Waals surface area contributed by atoms with Crippen molar-refractivity contribution in [3.8, 4) is 0 Å². The lowest BCUT2D eigenvalue weighted by atomic mass is 9.94. The summed E-state index contributed by atoms with van der Waals surface area (Å²) in [6.45, 7) is 0. The third-order valence-electron chi connectivity index (χ3n) is 7.85. The molecule has 0 fully saturated rings. The number of rotatable bonds is 8. The van der Waals surface area contributed by atoms with Gasteiger partial charge in [-0.15, -0.1) is 0 Å². The first-order valence-corrected chi connectivity index (χ1v) is 19.2. The van der Waals surface area contributed by atoms with Crippen LogP contribution in [0.3, 0.4) is 0 Å². The summed E-state index contributed by atoms with van der Waals surface area (Å²) < 4.78 is 91.0. The fraction of sp³-hybridized carbons (Fsp3) is 0.111. The van der Waals surface area contributed by atoms with E-state index in [4.69, 9.17) is 0 Å². The molecule has 4 aromatic carbocycles. The monoisotopic (exact) mass is 910 g/mol. The summed E-state index contributed by atoms with van der Waals surface area (Å²) in [5.74, 6) is -6.38. The molecule has 240 valence electrons. The van der Waals surface area contributed by atoms with E-state index in [1.807, 2.05) is 60.7 Å². The van der Waals surface area contributed by atoms with Crippen molar-refractivity contribution in [2.24, 2.45) is 0 Å². The fourth-order valence-corrected chi connectivity index (χ4v) is 9.95. The molecule has 0 bridgehead atoms. The van der Waals surface area contributed by atoms with Gasteiger partial charge in [0.05, 0.1) is 11.5 Å². The minimum Gasteiger partial charge on any atom is -0.228 e. The molecule has 0 aromatic heterocycles. The van der Waals surface area contributed by atoms with Crippen LogP contribution in [-0.4, -0.2) is 8.42 Å². The maximum atomic E-state index is 15.4. The predicted octanol–water partition coefficient (Wildman–Crippen LogP) is 12.1. The Morgan fingerprint density at radius 1 is 0.447 bits per heavy atom. The standard InChI is InChI=1S/C36H22Br4F4O2S/c37-23-7-19(8-24(38)15-23)27-3-1-5-29(27)21-11-33(41)31(34(42)12-21)17-47(45,46)18-32-35(43)13-22(14-36(32)44)30-6-2-4-28(30)20-9-25(39)16-26(40)10-20/h3-16H,1-2,17-18H2. The van der Waals surface area contributed by atoms with E-state index in [-0.39, 0.29) is 11.1 Å². The second-order valence-corrected chi connectivity index (χ2v) is 16.9. The van der Waals surface area contributed by atoms with Gasteiger partial charge >= 0.3 is 0 Å². The van der Waals surface area contributed by atoms with Gasteiger partial charge in [-0.1, -0.05) is 88.0 Å². The minimum absolute atomic E-state index is 0.249. The smallest absolute Gasteiger partial charge is 0.159 e. The normalized spacial score (nSPS) is 14.6. The summed E-state index contributed by atoms with van der Waals surface area (Å²) in [4.78, 5) is 0. The van der Waals surface area contributed by atoms with Crippen molar-refractivity contribution in [1.82, 2.24) is 0 Å². The van der Waals surface area contributed by atoms with Crippen molar-refractivity contribution >= 4 is 95.8 Å². The van der Waals surface area contributed by atoms with Gasteiger partial charge in [-0.25, -0.2) is 26.0 Å². The van der Waals surface area contributed by atoms with Gasteiger partial charge in [0.1, 0.15) is 23.3 Å². The highest BCUT2D eigenvalue weighted by Gasteiger charge is 2.26. The van der Waals surface area contributed by atoms with Crippen molar-refractivity contribution in [2.75, 3.05) is 0 Å². The number of hydrogen-bond acceptors (Lipinski definition) is 2. The maximum Gasteiger partial charge on any atom is 0.159 e. The van der Waals surface area contributed by atoms with Gasteiger partial charge in [0.2, 0.25) is 0 Å². The van der Waals surface area contributed by atoms with Gasteiger partial charge in [-0.05, 0) is 118 Å². The lowest BCUT2D eigenvalue weighted by Gasteiger charge is -2.15. The predicted molar refractivity (Wildman–Crippen MR) is 194 cm³/mol. The molecule has 0 amide bonds. The van der Waals surface area contributed by atoms with E-state index in [2.05, 4.69) is 63.7 Å². The van der Waals surface area contributed by atoms with Crippen molar-refractivity contribution in [3.05, 3.63) is 160 Å². The van der Waals surface area contributed by atoms with E-state index in [0.717, 1.165) is 64.4 Å². The lowest BCUT2D eigenvalue weighted by molar-refractivity contribution is 0.547. The van der Waals surface area contributed by atoms with Crippen LogP contribution in [0.25, 0.3) is 22.3 Å². The molecule has 2 aliphatic carbocycles. The summed E-state index contributed by atoms with van der Waals surface area (Å²) in [6.07, 6.45) is 8.66. The van der Waals surface area contributed by atoms with Crippen molar-refractivity contribution in [1.29, 1.82) is 0 Å². The van der Waals surface area contributed by atoms with Crippen LogP contribution in [0.5, 0.6) is 0 Å².